The average Bonchev–Trinajstić information content (AvgIpc) is 3.09. The van der Waals surface area contributed by atoms with Crippen molar-refractivity contribution in [3.63, 3.8) is 0 Å². The lowest BCUT2D eigenvalue weighted by Gasteiger charge is -2.10. The molecule has 4 N–H and O–H groups in total. The largest absolute Gasteiger partial charge is 0.399 e. The van der Waals surface area contributed by atoms with Gasteiger partial charge < -0.3 is 16.2 Å². The second kappa shape index (κ2) is 5.19. The first-order chi connectivity index (χ1) is 8.15. The van der Waals surface area contributed by atoms with Crippen molar-refractivity contribution in [1.29, 1.82) is 0 Å². The zero-order valence-corrected chi connectivity index (χ0v) is 9.73. The highest BCUT2D eigenvalue weighted by Gasteiger charge is 2.29. The quantitative estimate of drug-likeness (QED) is 0.656. The van der Waals surface area contributed by atoms with Crippen molar-refractivity contribution in [2.75, 3.05) is 12.3 Å². The molecule has 1 unspecified atom stereocenters. The summed E-state index contributed by atoms with van der Waals surface area (Å²) in [7, 11) is 0. The van der Waals surface area contributed by atoms with Crippen LogP contribution in [-0.2, 0) is 11.2 Å². The van der Waals surface area contributed by atoms with Crippen molar-refractivity contribution in [2.24, 2.45) is 5.92 Å². The minimum Gasteiger partial charge on any atom is -0.399 e. The van der Waals surface area contributed by atoms with E-state index in [1.54, 1.807) is 12.1 Å². The smallest absolute Gasteiger partial charge is 0.224 e. The standard InChI is InChI=1S/C13H18N2O2/c14-11-3-1-2-9(6-11)7-13(17)15-8-12(16)10-4-5-10/h1-3,6,10,12,16H,4-5,7-8,14H2,(H,15,17). The molecule has 1 fully saturated rings. The molecule has 1 aliphatic carbocycles. The number of nitrogens with one attached hydrogen (secondary N) is 1. The summed E-state index contributed by atoms with van der Waals surface area (Å²) in [4.78, 5) is 11.6. The lowest BCUT2D eigenvalue weighted by molar-refractivity contribution is -0.120. The molecule has 0 saturated heterocycles. The molecule has 17 heavy (non-hydrogen) atoms. The highest BCUT2D eigenvalue weighted by atomic mass is 16.3. The summed E-state index contributed by atoms with van der Waals surface area (Å²) in [6, 6.07) is 7.28. The number of nitrogens with two attached hydrogens (primary N) is 1. The van der Waals surface area contributed by atoms with Gasteiger partial charge in [0.15, 0.2) is 0 Å². The number of amides is 1. The maximum Gasteiger partial charge on any atom is 0.224 e. The molecule has 4 heteroatoms. The van der Waals surface area contributed by atoms with Crippen LogP contribution in [0.5, 0.6) is 0 Å². The number of rotatable bonds is 5. The maximum atomic E-state index is 11.6. The van der Waals surface area contributed by atoms with Gasteiger partial charge in [-0.3, -0.25) is 4.79 Å². The number of hydrogen-bond donors (Lipinski definition) is 3. The Kier molecular flexibility index (Phi) is 3.64. The summed E-state index contributed by atoms with van der Waals surface area (Å²) in [5.74, 6) is 0.318. The van der Waals surface area contributed by atoms with Gasteiger partial charge in [-0.15, -0.1) is 0 Å². The van der Waals surface area contributed by atoms with E-state index in [2.05, 4.69) is 5.32 Å². The van der Waals surface area contributed by atoms with Gasteiger partial charge in [0.1, 0.15) is 0 Å². The fourth-order valence-corrected chi connectivity index (χ4v) is 1.82. The van der Waals surface area contributed by atoms with E-state index in [1.165, 1.54) is 0 Å². The second-order valence-electron chi connectivity index (χ2n) is 4.63. The van der Waals surface area contributed by atoms with E-state index in [0.717, 1.165) is 18.4 Å². The van der Waals surface area contributed by atoms with E-state index < -0.39 is 0 Å². The molecule has 1 atom stereocenters. The summed E-state index contributed by atoms with van der Waals surface area (Å²) in [6.45, 7) is 0.353. The Morgan fingerprint density at radius 3 is 2.94 bits per heavy atom. The van der Waals surface area contributed by atoms with E-state index >= 15 is 0 Å². The molecule has 2 rings (SSSR count). The van der Waals surface area contributed by atoms with Crippen molar-refractivity contribution in [2.45, 2.75) is 25.4 Å². The number of benzene rings is 1. The van der Waals surface area contributed by atoms with Crippen LogP contribution in [0.3, 0.4) is 0 Å². The minimum absolute atomic E-state index is 0.0738. The van der Waals surface area contributed by atoms with Crippen LogP contribution in [0.15, 0.2) is 24.3 Å². The van der Waals surface area contributed by atoms with E-state index in [0.29, 0.717) is 24.6 Å². The summed E-state index contributed by atoms with van der Waals surface area (Å²) >= 11 is 0. The average molecular weight is 234 g/mol. The van der Waals surface area contributed by atoms with Crippen LogP contribution in [0.2, 0.25) is 0 Å². The predicted octanol–water partition coefficient (Wildman–Crippen LogP) is 0.698. The number of anilines is 1. The molecule has 0 heterocycles. The van der Waals surface area contributed by atoms with Gasteiger partial charge in [0.25, 0.3) is 0 Å². The molecule has 1 amide bonds. The zero-order chi connectivity index (χ0) is 12.3. The van der Waals surface area contributed by atoms with E-state index in [4.69, 9.17) is 5.73 Å². The Labute approximate surface area is 101 Å². The first-order valence-electron chi connectivity index (χ1n) is 5.94. The van der Waals surface area contributed by atoms with Crippen LogP contribution < -0.4 is 11.1 Å². The molecular weight excluding hydrogens is 216 g/mol. The molecule has 0 radical (unpaired) electrons. The topological polar surface area (TPSA) is 75.4 Å². The Morgan fingerprint density at radius 2 is 2.29 bits per heavy atom. The summed E-state index contributed by atoms with van der Waals surface area (Å²) in [5, 5.41) is 12.4. The van der Waals surface area contributed by atoms with Gasteiger partial charge >= 0.3 is 0 Å². The molecule has 1 saturated carbocycles. The lowest BCUT2D eigenvalue weighted by Crippen LogP contribution is -2.34. The fourth-order valence-electron chi connectivity index (χ4n) is 1.82. The number of carbonyl (C=O) groups excluding carboxylic acids is 1. The Morgan fingerprint density at radius 1 is 1.53 bits per heavy atom. The van der Waals surface area contributed by atoms with Gasteiger partial charge in [0.2, 0.25) is 5.91 Å². The number of aliphatic hydroxyl groups is 1. The molecule has 1 aromatic carbocycles. The second-order valence-corrected chi connectivity index (χ2v) is 4.63. The molecule has 1 aromatic rings. The number of hydrogen-bond acceptors (Lipinski definition) is 3. The first kappa shape index (κ1) is 11.9. The highest BCUT2D eigenvalue weighted by Crippen LogP contribution is 2.32. The van der Waals surface area contributed by atoms with Gasteiger partial charge in [0.05, 0.1) is 12.5 Å². The third kappa shape index (κ3) is 3.75. The third-order valence-corrected chi connectivity index (χ3v) is 2.99. The molecule has 0 bridgehead atoms. The monoisotopic (exact) mass is 234 g/mol. The molecule has 0 aromatic heterocycles. The lowest BCUT2D eigenvalue weighted by atomic mass is 10.1. The third-order valence-electron chi connectivity index (χ3n) is 2.99. The molecule has 0 spiro atoms. The zero-order valence-electron chi connectivity index (χ0n) is 9.73. The molecule has 92 valence electrons. The molecule has 4 nitrogen and oxygen atoms in total. The fraction of sp³-hybridized carbons (Fsp3) is 0.462. The Hall–Kier alpha value is -1.55. The predicted molar refractivity (Wildman–Crippen MR) is 66.3 cm³/mol. The van der Waals surface area contributed by atoms with Crippen LogP contribution in [0, 0.1) is 5.92 Å². The van der Waals surface area contributed by atoms with E-state index in [1.807, 2.05) is 12.1 Å². The Balaban J connectivity index is 1.76. The minimum atomic E-state index is -0.389. The normalized spacial score (nSPS) is 16.5. The van der Waals surface area contributed by atoms with Gasteiger partial charge in [-0.05, 0) is 36.5 Å². The van der Waals surface area contributed by atoms with E-state index in [-0.39, 0.29) is 12.0 Å². The number of aliphatic hydroxyl groups excluding tert-OH is 1. The number of nitrogen functional groups attached to an aromatic ring is 1. The molecule has 0 aliphatic heterocycles. The van der Waals surface area contributed by atoms with Crippen LogP contribution in [0.25, 0.3) is 0 Å². The van der Waals surface area contributed by atoms with Crippen LogP contribution in [0.4, 0.5) is 5.69 Å². The van der Waals surface area contributed by atoms with Crippen LogP contribution in [-0.4, -0.2) is 23.7 Å². The number of carbonyl (C=O) groups is 1. The maximum absolute atomic E-state index is 11.6. The van der Waals surface area contributed by atoms with E-state index in [9.17, 15) is 9.90 Å². The Bertz CT molecular complexity index is 402. The van der Waals surface area contributed by atoms with Crippen LogP contribution >= 0.6 is 0 Å². The summed E-state index contributed by atoms with van der Waals surface area (Å²) in [5.41, 5.74) is 7.19. The van der Waals surface area contributed by atoms with Crippen molar-refractivity contribution in [1.82, 2.24) is 5.32 Å². The van der Waals surface area contributed by atoms with Crippen molar-refractivity contribution < 1.29 is 9.90 Å². The molecule has 1 aliphatic rings. The summed E-state index contributed by atoms with van der Waals surface area (Å²) < 4.78 is 0. The first-order valence-corrected chi connectivity index (χ1v) is 5.94. The van der Waals surface area contributed by atoms with Gasteiger partial charge in [-0.2, -0.15) is 0 Å². The van der Waals surface area contributed by atoms with Crippen molar-refractivity contribution >= 4 is 11.6 Å². The molecular formula is C13H18N2O2. The van der Waals surface area contributed by atoms with Gasteiger partial charge in [-0.1, -0.05) is 12.1 Å². The summed E-state index contributed by atoms with van der Waals surface area (Å²) in [6.07, 6.45) is 2.07. The van der Waals surface area contributed by atoms with Gasteiger partial charge in [-0.25, -0.2) is 0 Å². The van der Waals surface area contributed by atoms with Gasteiger partial charge in [0, 0.05) is 12.2 Å². The van der Waals surface area contributed by atoms with Crippen LogP contribution in [0.1, 0.15) is 18.4 Å². The SMILES string of the molecule is Nc1cccc(CC(=O)NCC(O)C2CC2)c1. The van der Waals surface area contributed by atoms with Crippen molar-refractivity contribution in [3.05, 3.63) is 29.8 Å². The van der Waals surface area contributed by atoms with Crippen molar-refractivity contribution in [3.8, 4) is 0 Å². The highest BCUT2D eigenvalue weighted by molar-refractivity contribution is 5.78.